The third-order valence-electron chi connectivity index (χ3n) is 3.22. The SMILES string of the molecule is CNCc1cc(S(=O)(=O)NCCN2CCOCC2)c[nH]1. The summed E-state index contributed by atoms with van der Waals surface area (Å²) in [6, 6.07) is 1.65. The molecule has 0 spiro atoms. The van der Waals surface area contributed by atoms with Gasteiger partial charge in [0.15, 0.2) is 0 Å². The van der Waals surface area contributed by atoms with Crippen molar-refractivity contribution < 1.29 is 13.2 Å². The molecule has 0 saturated carbocycles. The highest BCUT2D eigenvalue weighted by Gasteiger charge is 2.16. The number of nitrogens with one attached hydrogen (secondary N) is 3. The highest BCUT2D eigenvalue weighted by molar-refractivity contribution is 7.89. The Hall–Kier alpha value is -0.930. The molecule has 0 atom stereocenters. The van der Waals surface area contributed by atoms with Crippen LogP contribution < -0.4 is 10.0 Å². The first-order valence-electron chi connectivity index (χ1n) is 6.73. The molecule has 0 radical (unpaired) electrons. The molecule has 1 aromatic rings. The van der Waals surface area contributed by atoms with Crippen LogP contribution in [-0.2, 0) is 21.3 Å². The molecule has 1 aliphatic heterocycles. The van der Waals surface area contributed by atoms with Crippen molar-refractivity contribution in [3.63, 3.8) is 0 Å². The van der Waals surface area contributed by atoms with Gasteiger partial charge in [-0.05, 0) is 13.1 Å². The molecule has 1 saturated heterocycles. The van der Waals surface area contributed by atoms with Crippen LogP contribution in [0.4, 0.5) is 0 Å². The molecule has 1 aromatic heterocycles. The third-order valence-corrected chi connectivity index (χ3v) is 4.66. The summed E-state index contributed by atoms with van der Waals surface area (Å²) < 4.78 is 32.1. The molecule has 0 bridgehead atoms. The topological polar surface area (TPSA) is 86.5 Å². The average Bonchev–Trinajstić information content (AvgIpc) is 2.90. The second kappa shape index (κ2) is 7.19. The van der Waals surface area contributed by atoms with Gasteiger partial charge in [0, 0.05) is 44.6 Å². The second-order valence-corrected chi connectivity index (χ2v) is 6.51. The number of rotatable bonds is 7. The van der Waals surface area contributed by atoms with Gasteiger partial charge in [-0.1, -0.05) is 0 Å². The number of morpholine rings is 1. The fourth-order valence-corrected chi connectivity index (χ4v) is 3.15. The lowest BCUT2D eigenvalue weighted by molar-refractivity contribution is 0.0390. The van der Waals surface area contributed by atoms with Gasteiger partial charge in [0.25, 0.3) is 0 Å². The molecule has 20 heavy (non-hydrogen) atoms. The summed E-state index contributed by atoms with van der Waals surface area (Å²) in [7, 11) is -1.61. The van der Waals surface area contributed by atoms with E-state index in [4.69, 9.17) is 4.74 Å². The zero-order chi connectivity index (χ0) is 14.4. The first-order chi connectivity index (χ1) is 9.62. The third kappa shape index (κ3) is 4.29. The van der Waals surface area contributed by atoms with Gasteiger partial charge in [-0.2, -0.15) is 0 Å². The predicted octanol–water partition coefficient (Wildman–Crippen LogP) is -0.655. The van der Waals surface area contributed by atoms with E-state index >= 15 is 0 Å². The number of hydrogen-bond donors (Lipinski definition) is 3. The minimum atomic E-state index is -3.43. The maximum atomic E-state index is 12.1. The summed E-state index contributed by atoms with van der Waals surface area (Å²) in [6.07, 6.45) is 1.52. The van der Waals surface area contributed by atoms with Crippen molar-refractivity contribution >= 4 is 10.0 Å². The van der Waals surface area contributed by atoms with Gasteiger partial charge in [-0.25, -0.2) is 13.1 Å². The molecular weight excluding hydrogens is 280 g/mol. The Morgan fingerprint density at radius 3 is 2.85 bits per heavy atom. The zero-order valence-corrected chi connectivity index (χ0v) is 12.5. The molecule has 0 aromatic carbocycles. The first-order valence-corrected chi connectivity index (χ1v) is 8.22. The Balaban J connectivity index is 1.83. The quantitative estimate of drug-likeness (QED) is 0.623. The number of H-pyrrole nitrogens is 1. The Morgan fingerprint density at radius 2 is 2.15 bits per heavy atom. The Kier molecular flexibility index (Phi) is 5.55. The normalized spacial score (nSPS) is 17.4. The van der Waals surface area contributed by atoms with Crippen LogP contribution in [-0.4, -0.2) is 64.7 Å². The maximum absolute atomic E-state index is 12.1. The molecule has 0 unspecified atom stereocenters. The van der Waals surface area contributed by atoms with Crippen molar-refractivity contribution in [1.29, 1.82) is 0 Å². The lowest BCUT2D eigenvalue weighted by Crippen LogP contribution is -2.41. The number of ether oxygens (including phenoxy) is 1. The van der Waals surface area contributed by atoms with Crippen molar-refractivity contribution in [2.45, 2.75) is 11.4 Å². The second-order valence-electron chi connectivity index (χ2n) is 4.74. The van der Waals surface area contributed by atoms with Gasteiger partial charge in [-0.15, -0.1) is 0 Å². The lowest BCUT2D eigenvalue weighted by atomic mass is 10.4. The molecule has 1 fully saturated rings. The Bertz CT molecular complexity index is 509. The summed E-state index contributed by atoms with van der Waals surface area (Å²) >= 11 is 0. The summed E-state index contributed by atoms with van der Waals surface area (Å²) in [5.41, 5.74) is 0.848. The molecule has 7 nitrogen and oxygen atoms in total. The van der Waals surface area contributed by atoms with Gasteiger partial charge in [-0.3, -0.25) is 4.90 Å². The zero-order valence-electron chi connectivity index (χ0n) is 11.7. The van der Waals surface area contributed by atoms with Gasteiger partial charge in [0.1, 0.15) is 0 Å². The molecule has 2 rings (SSSR count). The van der Waals surface area contributed by atoms with Crippen LogP contribution in [0.3, 0.4) is 0 Å². The van der Waals surface area contributed by atoms with E-state index in [1.165, 1.54) is 6.20 Å². The van der Waals surface area contributed by atoms with Crippen molar-refractivity contribution in [3.8, 4) is 0 Å². The van der Waals surface area contributed by atoms with E-state index < -0.39 is 10.0 Å². The summed E-state index contributed by atoms with van der Waals surface area (Å²) in [5, 5.41) is 2.97. The van der Waals surface area contributed by atoms with Crippen molar-refractivity contribution in [3.05, 3.63) is 18.0 Å². The van der Waals surface area contributed by atoms with Crippen molar-refractivity contribution in [1.82, 2.24) is 19.9 Å². The summed E-state index contributed by atoms with van der Waals surface area (Å²) in [4.78, 5) is 5.42. The van der Waals surface area contributed by atoms with E-state index in [2.05, 4.69) is 19.9 Å². The average molecular weight is 302 g/mol. The minimum absolute atomic E-state index is 0.282. The van der Waals surface area contributed by atoms with E-state index in [1.807, 2.05) is 7.05 Å². The number of hydrogen-bond acceptors (Lipinski definition) is 5. The van der Waals surface area contributed by atoms with E-state index in [0.717, 1.165) is 32.0 Å². The van der Waals surface area contributed by atoms with E-state index in [0.29, 0.717) is 19.6 Å². The highest BCUT2D eigenvalue weighted by Crippen LogP contribution is 2.10. The van der Waals surface area contributed by atoms with Gasteiger partial charge >= 0.3 is 0 Å². The summed E-state index contributed by atoms with van der Waals surface area (Å²) in [5.74, 6) is 0. The molecular formula is C12H22N4O3S. The van der Waals surface area contributed by atoms with Crippen LogP contribution in [0.5, 0.6) is 0 Å². The molecule has 1 aliphatic rings. The lowest BCUT2D eigenvalue weighted by Gasteiger charge is -2.26. The van der Waals surface area contributed by atoms with E-state index in [9.17, 15) is 8.42 Å². The standard InChI is InChI=1S/C12H22N4O3S/c1-13-9-11-8-12(10-14-11)20(17,18)15-2-3-16-4-6-19-7-5-16/h8,10,13-15H,2-7,9H2,1H3. The van der Waals surface area contributed by atoms with Gasteiger partial charge in [0.2, 0.25) is 10.0 Å². The van der Waals surface area contributed by atoms with E-state index in [1.54, 1.807) is 6.07 Å². The highest BCUT2D eigenvalue weighted by atomic mass is 32.2. The number of aromatic amines is 1. The van der Waals surface area contributed by atoms with Crippen LogP contribution in [0.2, 0.25) is 0 Å². The van der Waals surface area contributed by atoms with E-state index in [-0.39, 0.29) is 4.90 Å². The monoisotopic (exact) mass is 302 g/mol. The molecule has 8 heteroatoms. The largest absolute Gasteiger partial charge is 0.379 e. The van der Waals surface area contributed by atoms with Crippen LogP contribution in [0, 0.1) is 0 Å². The van der Waals surface area contributed by atoms with Gasteiger partial charge in [0.05, 0.1) is 18.1 Å². The predicted molar refractivity (Wildman–Crippen MR) is 76.0 cm³/mol. The molecule has 2 heterocycles. The molecule has 3 N–H and O–H groups in total. The smallest absolute Gasteiger partial charge is 0.242 e. The number of sulfonamides is 1. The fraction of sp³-hybridized carbons (Fsp3) is 0.667. The van der Waals surface area contributed by atoms with Crippen LogP contribution in [0.25, 0.3) is 0 Å². The molecule has 0 aliphatic carbocycles. The molecule has 0 amide bonds. The minimum Gasteiger partial charge on any atom is -0.379 e. The first kappa shape index (κ1) is 15.5. The Morgan fingerprint density at radius 1 is 1.40 bits per heavy atom. The van der Waals surface area contributed by atoms with Gasteiger partial charge < -0.3 is 15.0 Å². The number of nitrogens with zero attached hydrogens (tertiary/aromatic N) is 1. The molecule has 114 valence electrons. The van der Waals surface area contributed by atoms with Crippen LogP contribution in [0.1, 0.15) is 5.69 Å². The van der Waals surface area contributed by atoms with Crippen LogP contribution in [0.15, 0.2) is 17.2 Å². The Labute approximate surface area is 119 Å². The summed E-state index contributed by atoms with van der Waals surface area (Å²) in [6.45, 7) is 4.89. The van der Waals surface area contributed by atoms with Crippen molar-refractivity contribution in [2.75, 3.05) is 46.4 Å². The fourth-order valence-electron chi connectivity index (χ4n) is 2.11. The maximum Gasteiger partial charge on any atom is 0.242 e. The number of aromatic nitrogens is 1. The van der Waals surface area contributed by atoms with Crippen LogP contribution >= 0.6 is 0 Å². The van der Waals surface area contributed by atoms with Crippen molar-refractivity contribution in [2.24, 2.45) is 0 Å².